The lowest BCUT2D eigenvalue weighted by Gasteiger charge is -2.18. The van der Waals surface area contributed by atoms with E-state index >= 15 is 0 Å². The molecular formula is C14H16N2OS. The van der Waals surface area contributed by atoms with E-state index in [1.54, 1.807) is 0 Å². The first-order chi connectivity index (χ1) is 8.43. The summed E-state index contributed by atoms with van der Waals surface area (Å²) in [6.45, 7) is 5.73. The summed E-state index contributed by atoms with van der Waals surface area (Å²) in [6, 6.07) is 7.84. The fourth-order valence-corrected chi connectivity index (χ4v) is 2.60. The molecule has 0 fully saturated rings. The Kier molecular flexibility index (Phi) is 3.47. The molecule has 0 aliphatic heterocycles. The summed E-state index contributed by atoms with van der Waals surface area (Å²) < 4.78 is 16.0. The summed E-state index contributed by atoms with van der Waals surface area (Å²) in [5, 5.41) is 9.05. The van der Waals surface area contributed by atoms with E-state index in [0.29, 0.717) is 5.56 Å². The van der Waals surface area contributed by atoms with Crippen molar-refractivity contribution in [3.63, 3.8) is 0 Å². The molecule has 18 heavy (non-hydrogen) atoms. The lowest BCUT2D eigenvalue weighted by atomic mass is 10.0. The van der Waals surface area contributed by atoms with Crippen LogP contribution in [0.2, 0.25) is 0 Å². The Morgan fingerprint density at radius 1 is 1.33 bits per heavy atom. The molecule has 1 aliphatic carbocycles. The quantitative estimate of drug-likeness (QED) is 0.729. The highest BCUT2D eigenvalue weighted by molar-refractivity contribution is 7.91. The molecule has 0 N–H and O–H groups in total. The van der Waals surface area contributed by atoms with E-state index in [1.165, 1.54) is 0 Å². The lowest BCUT2D eigenvalue weighted by molar-refractivity contribution is 0.561. The van der Waals surface area contributed by atoms with Gasteiger partial charge in [0.25, 0.3) is 0 Å². The maximum atomic E-state index is 12.0. The molecular weight excluding hydrogens is 244 g/mol. The van der Waals surface area contributed by atoms with Gasteiger partial charge in [-0.15, -0.1) is 0 Å². The van der Waals surface area contributed by atoms with Crippen molar-refractivity contribution in [2.24, 2.45) is 4.40 Å². The van der Waals surface area contributed by atoms with Gasteiger partial charge in [0.05, 0.1) is 17.3 Å². The van der Waals surface area contributed by atoms with Crippen LogP contribution in [0.3, 0.4) is 0 Å². The van der Waals surface area contributed by atoms with Crippen LogP contribution in [0.15, 0.2) is 22.6 Å². The minimum atomic E-state index is -1.24. The van der Waals surface area contributed by atoms with Crippen molar-refractivity contribution in [3.05, 3.63) is 34.9 Å². The predicted molar refractivity (Wildman–Crippen MR) is 73.9 cm³/mol. The number of fused-ring (bicyclic) bond motifs is 1. The summed E-state index contributed by atoms with van der Waals surface area (Å²) in [7, 11) is 0. The second kappa shape index (κ2) is 4.75. The van der Waals surface area contributed by atoms with Crippen LogP contribution in [0.5, 0.6) is 0 Å². The topological polar surface area (TPSA) is 59.2 Å². The lowest BCUT2D eigenvalue weighted by Crippen LogP contribution is -2.26. The molecule has 1 aliphatic rings. The molecule has 0 spiro atoms. The summed E-state index contributed by atoms with van der Waals surface area (Å²) in [4.78, 5) is 0. The van der Waals surface area contributed by atoms with Crippen molar-refractivity contribution in [1.29, 1.82) is 5.26 Å². The highest BCUT2D eigenvalue weighted by Crippen LogP contribution is 2.28. The standard InChI is InChI=1S/C14H16N2OS/c1-14(2,3)18(17)16-13-8-7-11-10(9-15)5-4-6-12(11)13/h4-6H,7-8H2,1-3H3/t18-/m0/s1. The maximum Gasteiger partial charge on any atom is 0.144 e. The van der Waals surface area contributed by atoms with E-state index < -0.39 is 11.4 Å². The zero-order valence-electron chi connectivity index (χ0n) is 10.9. The van der Waals surface area contributed by atoms with Crippen molar-refractivity contribution in [3.8, 4) is 6.07 Å². The van der Waals surface area contributed by atoms with Crippen LogP contribution in [0.4, 0.5) is 0 Å². The minimum absolute atomic E-state index is 0.345. The summed E-state index contributed by atoms with van der Waals surface area (Å²) in [5.41, 5.74) is 3.62. The van der Waals surface area contributed by atoms with Gasteiger partial charge in [-0.05, 0) is 45.2 Å². The third-order valence-electron chi connectivity index (χ3n) is 2.94. The molecule has 0 amide bonds. The Balaban J connectivity index is 2.39. The van der Waals surface area contributed by atoms with Gasteiger partial charge in [0.2, 0.25) is 0 Å². The van der Waals surface area contributed by atoms with Gasteiger partial charge in [-0.3, -0.25) is 0 Å². The van der Waals surface area contributed by atoms with E-state index in [1.807, 2.05) is 39.0 Å². The fourth-order valence-electron chi connectivity index (χ4n) is 1.94. The van der Waals surface area contributed by atoms with Gasteiger partial charge < -0.3 is 4.55 Å². The number of hydrogen-bond acceptors (Lipinski definition) is 3. The average molecular weight is 260 g/mol. The first kappa shape index (κ1) is 13.1. The van der Waals surface area contributed by atoms with Gasteiger partial charge in [-0.1, -0.05) is 16.5 Å². The summed E-state index contributed by atoms with van der Waals surface area (Å²) in [6.07, 6.45) is 1.59. The van der Waals surface area contributed by atoms with Gasteiger partial charge in [0.15, 0.2) is 0 Å². The van der Waals surface area contributed by atoms with Crippen LogP contribution in [-0.2, 0) is 17.8 Å². The number of rotatable bonds is 1. The molecule has 0 radical (unpaired) electrons. The summed E-state index contributed by atoms with van der Waals surface area (Å²) >= 11 is -1.24. The monoisotopic (exact) mass is 260 g/mol. The Bertz CT molecular complexity index is 538. The van der Waals surface area contributed by atoms with Crippen molar-refractivity contribution in [1.82, 2.24) is 0 Å². The molecule has 4 heteroatoms. The Labute approximate surface area is 111 Å². The molecule has 0 saturated heterocycles. The Hall–Kier alpha value is -1.31. The van der Waals surface area contributed by atoms with Crippen LogP contribution in [0, 0.1) is 11.3 Å². The third kappa shape index (κ3) is 2.43. The maximum absolute atomic E-state index is 12.0. The first-order valence-electron chi connectivity index (χ1n) is 5.95. The van der Waals surface area contributed by atoms with E-state index in [0.717, 1.165) is 29.7 Å². The zero-order valence-corrected chi connectivity index (χ0v) is 11.7. The highest BCUT2D eigenvalue weighted by atomic mass is 32.2. The molecule has 0 heterocycles. The molecule has 2 rings (SSSR count). The van der Waals surface area contributed by atoms with Gasteiger partial charge in [-0.2, -0.15) is 5.26 Å². The van der Waals surface area contributed by atoms with Crippen LogP contribution < -0.4 is 0 Å². The van der Waals surface area contributed by atoms with Crippen LogP contribution in [0.1, 0.15) is 43.9 Å². The van der Waals surface area contributed by atoms with Gasteiger partial charge >= 0.3 is 0 Å². The molecule has 0 aromatic heterocycles. The van der Waals surface area contributed by atoms with Crippen molar-refractivity contribution >= 4 is 17.1 Å². The smallest absolute Gasteiger partial charge is 0.144 e. The van der Waals surface area contributed by atoms with Crippen molar-refractivity contribution < 1.29 is 4.55 Å². The van der Waals surface area contributed by atoms with Crippen LogP contribution in [0.25, 0.3) is 0 Å². The zero-order chi connectivity index (χ0) is 13.3. The molecule has 1 atom stereocenters. The normalized spacial score (nSPS) is 18.5. The van der Waals surface area contributed by atoms with E-state index in [2.05, 4.69) is 10.5 Å². The highest BCUT2D eigenvalue weighted by Gasteiger charge is 2.29. The first-order valence-corrected chi connectivity index (χ1v) is 7.06. The molecule has 0 saturated carbocycles. The van der Waals surface area contributed by atoms with Crippen LogP contribution in [-0.4, -0.2) is 15.0 Å². The molecule has 1 aromatic rings. The van der Waals surface area contributed by atoms with Gasteiger partial charge in [-0.25, -0.2) is 0 Å². The molecule has 94 valence electrons. The van der Waals surface area contributed by atoms with E-state index in [4.69, 9.17) is 5.26 Å². The van der Waals surface area contributed by atoms with E-state index in [-0.39, 0.29) is 4.75 Å². The van der Waals surface area contributed by atoms with Crippen molar-refractivity contribution in [2.75, 3.05) is 0 Å². The fraction of sp³-hybridized carbons (Fsp3) is 0.429. The van der Waals surface area contributed by atoms with Gasteiger partial charge in [0.1, 0.15) is 16.1 Å². The number of nitrogens with zero attached hydrogens (tertiary/aromatic N) is 2. The predicted octanol–water partition coefficient (Wildman–Crippen LogP) is 2.76. The summed E-state index contributed by atoms with van der Waals surface area (Å²) in [5.74, 6) is 0. The number of hydrogen-bond donors (Lipinski definition) is 0. The number of nitriles is 1. The second-order valence-electron chi connectivity index (χ2n) is 5.34. The molecule has 1 aromatic carbocycles. The average Bonchev–Trinajstić information content (AvgIpc) is 2.71. The Morgan fingerprint density at radius 3 is 2.67 bits per heavy atom. The van der Waals surface area contributed by atoms with Crippen molar-refractivity contribution in [2.45, 2.75) is 38.4 Å². The van der Waals surface area contributed by atoms with E-state index in [9.17, 15) is 4.55 Å². The minimum Gasteiger partial charge on any atom is -0.591 e. The molecule has 0 bridgehead atoms. The largest absolute Gasteiger partial charge is 0.591 e. The Morgan fingerprint density at radius 2 is 2.06 bits per heavy atom. The third-order valence-corrected chi connectivity index (χ3v) is 4.37. The number of benzene rings is 1. The molecule has 3 nitrogen and oxygen atoms in total. The van der Waals surface area contributed by atoms with Crippen LogP contribution >= 0.6 is 0 Å². The SMILES string of the molecule is CC(C)(C)[S@+]([O-])N=C1CCc2c(C#N)cccc21. The second-order valence-corrected chi connectivity index (χ2v) is 7.25. The van der Waals surface area contributed by atoms with Gasteiger partial charge in [0, 0.05) is 5.56 Å². The molecule has 0 unspecified atom stereocenters.